The molecule has 2 heterocycles. The maximum Gasteiger partial charge on any atom is 0.321 e. The van der Waals surface area contributed by atoms with Gasteiger partial charge in [0.1, 0.15) is 5.82 Å². The van der Waals surface area contributed by atoms with Gasteiger partial charge in [-0.15, -0.1) is 0 Å². The molecule has 5 nitrogen and oxygen atoms in total. The van der Waals surface area contributed by atoms with E-state index in [2.05, 4.69) is 21.1 Å². The fourth-order valence-corrected chi connectivity index (χ4v) is 4.10. The highest BCUT2D eigenvalue weighted by molar-refractivity contribution is 6.33. The molecule has 1 aliphatic carbocycles. The Morgan fingerprint density at radius 3 is 2.85 bits per heavy atom. The van der Waals surface area contributed by atoms with Gasteiger partial charge in [-0.25, -0.2) is 9.78 Å². The quantitative estimate of drug-likeness (QED) is 0.842. The van der Waals surface area contributed by atoms with Crippen LogP contribution in [0, 0.1) is 5.92 Å². The number of imidazole rings is 1. The molecule has 2 amide bonds. The van der Waals surface area contributed by atoms with Crippen molar-refractivity contribution < 1.29 is 4.79 Å². The van der Waals surface area contributed by atoms with Crippen molar-refractivity contribution in [3.63, 3.8) is 0 Å². The zero-order valence-electron chi connectivity index (χ0n) is 14.9. The molecule has 1 aromatic heterocycles. The van der Waals surface area contributed by atoms with Crippen molar-refractivity contribution in [2.75, 3.05) is 18.4 Å². The predicted octanol–water partition coefficient (Wildman–Crippen LogP) is 4.75. The molecule has 1 saturated carbocycles. The first-order chi connectivity index (χ1) is 12.7. The number of aromatic nitrogens is 2. The Hall–Kier alpha value is -2.01. The summed E-state index contributed by atoms with van der Waals surface area (Å²) < 4.78 is 2.31. The molecule has 0 unspecified atom stereocenters. The van der Waals surface area contributed by atoms with Crippen molar-refractivity contribution in [3.05, 3.63) is 47.5 Å². The van der Waals surface area contributed by atoms with Gasteiger partial charge < -0.3 is 14.8 Å². The Balaban J connectivity index is 1.42. The summed E-state index contributed by atoms with van der Waals surface area (Å²) in [6, 6.07) is 7.26. The number of carbonyl (C=O) groups is 1. The van der Waals surface area contributed by atoms with E-state index in [9.17, 15) is 4.79 Å². The number of para-hydroxylation sites is 1. The summed E-state index contributed by atoms with van der Waals surface area (Å²) >= 11 is 6.16. The number of nitrogens with zero attached hydrogens (tertiary/aromatic N) is 3. The van der Waals surface area contributed by atoms with Gasteiger partial charge in [-0.2, -0.15) is 0 Å². The van der Waals surface area contributed by atoms with Crippen molar-refractivity contribution in [1.82, 2.24) is 14.5 Å². The fraction of sp³-hybridized carbons (Fsp3) is 0.500. The number of likely N-dealkylation sites (tertiary alicyclic amines) is 1. The lowest BCUT2D eigenvalue weighted by Crippen LogP contribution is -2.42. The molecule has 26 heavy (non-hydrogen) atoms. The van der Waals surface area contributed by atoms with Crippen molar-refractivity contribution in [2.45, 2.75) is 44.6 Å². The first kappa shape index (κ1) is 17.4. The molecular formula is C20H25ClN4O. The zero-order valence-corrected chi connectivity index (χ0v) is 15.7. The van der Waals surface area contributed by atoms with Crippen LogP contribution in [0.5, 0.6) is 0 Å². The monoisotopic (exact) mass is 372 g/mol. The SMILES string of the molecule is O=C(Nc1ccccc1Cl)N1CCC[C@H](c2nccn2CC2CCC2)C1. The topological polar surface area (TPSA) is 50.2 Å². The number of halogens is 1. The molecule has 138 valence electrons. The maximum absolute atomic E-state index is 12.7. The number of rotatable bonds is 4. The number of amides is 2. The Bertz CT molecular complexity index is 771. The number of hydrogen-bond donors (Lipinski definition) is 1. The Labute approximate surface area is 159 Å². The third kappa shape index (κ3) is 3.73. The number of piperidine rings is 1. The van der Waals surface area contributed by atoms with Gasteiger partial charge >= 0.3 is 6.03 Å². The van der Waals surface area contributed by atoms with Crippen molar-refractivity contribution >= 4 is 23.3 Å². The Morgan fingerprint density at radius 1 is 1.23 bits per heavy atom. The summed E-state index contributed by atoms with van der Waals surface area (Å²) in [7, 11) is 0. The van der Waals surface area contributed by atoms with Crippen molar-refractivity contribution in [3.8, 4) is 0 Å². The average Bonchev–Trinajstić information content (AvgIpc) is 3.08. The molecule has 2 aromatic rings. The van der Waals surface area contributed by atoms with Gasteiger partial charge in [0.25, 0.3) is 0 Å². The minimum atomic E-state index is -0.0834. The zero-order chi connectivity index (χ0) is 17.9. The second-order valence-corrected chi connectivity index (χ2v) is 7.84. The van der Waals surface area contributed by atoms with E-state index in [1.54, 1.807) is 6.07 Å². The lowest BCUT2D eigenvalue weighted by Gasteiger charge is -2.33. The number of hydrogen-bond acceptors (Lipinski definition) is 2. The van der Waals surface area contributed by atoms with E-state index in [-0.39, 0.29) is 6.03 Å². The van der Waals surface area contributed by atoms with Crippen LogP contribution in [0.2, 0.25) is 5.02 Å². The molecule has 0 bridgehead atoms. The lowest BCUT2D eigenvalue weighted by molar-refractivity contribution is 0.189. The minimum Gasteiger partial charge on any atom is -0.334 e. The van der Waals surface area contributed by atoms with Crippen molar-refractivity contribution in [1.29, 1.82) is 0 Å². The van der Waals surface area contributed by atoms with Gasteiger partial charge in [-0.1, -0.05) is 30.2 Å². The average molecular weight is 373 g/mol. The molecule has 1 aromatic carbocycles. The Kier molecular flexibility index (Phi) is 5.16. The minimum absolute atomic E-state index is 0.0834. The van der Waals surface area contributed by atoms with Gasteiger partial charge in [-0.05, 0) is 43.7 Å². The molecule has 2 fully saturated rings. The number of nitrogens with one attached hydrogen (secondary N) is 1. The summed E-state index contributed by atoms with van der Waals surface area (Å²) in [6.45, 7) is 2.55. The second-order valence-electron chi connectivity index (χ2n) is 7.43. The van der Waals surface area contributed by atoms with Crippen molar-refractivity contribution in [2.24, 2.45) is 5.92 Å². The first-order valence-corrected chi connectivity index (χ1v) is 9.90. The number of urea groups is 1. The van der Waals surface area contributed by atoms with E-state index in [4.69, 9.17) is 11.6 Å². The first-order valence-electron chi connectivity index (χ1n) is 9.52. The van der Waals surface area contributed by atoms with Crippen LogP contribution in [-0.2, 0) is 6.54 Å². The summed E-state index contributed by atoms with van der Waals surface area (Å²) in [4.78, 5) is 19.2. The van der Waals surface area contributed by atoms with Crippen LogP contribution in [0.3, 0.4) is 0 Å². The summed E-state index contributed by atoms with van der Waals surface area (Å²) in [5.74, 6) is 2.23. The van der Waals surface area contributed by atoms with Crippen LogP contribution >= 0.6 is 11.6 Å². The molecule has 0 radical (unpaired) electrons. The highest BCUT2D eigenvalue weighted by Crippen LogP contribution is 2.31. The molecule has 4 rings (SSSR count). The fourth-order valence-electron chi connectivity index (χ4n) is 3.92. The van der Waals surface area contributed by atoms with E-state index in [0.29, 0.717) is 23.2 Å². The van der Waals surface area contributed by atoms with E-state index in [1.165, 1.54) is 19.3 Å². The second kappa shape index (κ2) is 7.70. The van der Waals surface area contributed by atoms with Gasteiger partial charge in [0, 0.05) is 37.9 Å². The number of carbonyl (C=O) groups excluding carboxylic acids is 1. The smallest absolute Gasteiger partial charge is 0.321 e. The standard InChI is InChI=1S/C20H25ClN4O/c21-17-8-1-2-9-18(17)23-20(26)25-11-4-7-16(14-25)19-22-10-12-24(19)13-15-5-3-6-15/h1-2,8-10,12,15-16H,3-7,11,13-14H2,(H,23,26)/t16-/m0/s1. The van der Waals surface area contributed by atoms with Crippen LogP contribution in [0.4, 0.5) is 10.5 Å². The number of benzene rings is 1. The third-order valence-corrected chi connectivity index (χ3v) is 5.95. The molecule has 2 aliphatic rings. The van der Waals surface area contributed by atoms with E-state index in [0.717, 1.165) is 37.7 Å². The highest BCUT2D eigenvalue weighted by atomic mass is 35.5. The summed E-state index contributed by atoms with van der Waals surface area (Å²) in [6.07, 6.45) is 10.1. The molecular weight excluding hydrogens is 348 g/mol. The van der Waals surface area contributed by atoms with Crippen LogP contribution in [0.1, 0.15) is 43.8 Å². The summed E-state index contributed by atoms with van der Waals surface area (Å²) in [5, 5.41) is 3.50. The maximum atomic E-state index is 12.7. The van der Waals surface area contributed by atoms with Gasteiger partial charge in [0.2, 0.25) is 0 Å². The molecule has 1 N–H and O–H groups in total. The normalized spacial score (nSPS) is 20.7. The van der Waals surface area contributed by atoms with E-state index >= 15 is 0 Å². The molecule has 1 aliphatic heterocycles. The molecule has 6 heteroatoms. The Morgan fingerprint density at radius 2 is 2.08 bits per heavy atom. The van der Waals surface area contributed by atoms with Crippen LogP contribution in [0.25, 0.3) is 0 Å². The highest BCUT2D eigenvalue weighted by Gasteiger charge is 2.28. The van der Waals surface area contributed by atoms with E-state index < -0.39 is 0 Å². The predicted molar refractivity (Wildman–Crippen MR) is 104 cm³/mol. The van der Waals surface area contributed by atoms with E-state index in [1.807, 2.05) is 29.3 Å². The molecule has 0 spiro atoms. The van der Waals surface area contributed by atoms with Gasteiger partial charge in [-0.3, -0.25) is 0 Å². The number of anilines is 1. The van der Waals surface area contributed by atoms with Crippen LogP contribution in [-0.4, -0.2) is 33.6 Å². The third-order valence-electron chi connectivity index (χ3n) is 5.62. The summed E-state index contributed by atoms with van der Waals surface area (Å²) in [5.41, 5.74) is 0.660. The largest absolute Gasteiger partial charge is 0.334 e. The molecule has 1 atom stereocenters. The van der Waals surface area contributed by atoms with Crippen LogP contribution < -0.4 is 5.32 Å². The van der Waals surface area contributed by atoms with Crippen LogP contribution in [0.15, 0.2) is 36.7 Å². The van der Waals surface area contributed by atoms with Gasteiger partial charge in [0.15, 0.2) is 0 Å². The molecule has 1 saturated heterocycles. The lowest BCUT2D eigenvalue weighted by atomic mass is 9.85. The van der Waals surface area contributed by atoms with Gasteiger partial charge in [0.05, 0.1) is 10.7 Å².